The van der Waals surface area contributed by atoms with Crippen LogP contribution in [0.1, 0.15) is 45.0 Å². The lowest BCUT2D eigenvalue weighted by molar-refractivity contribution is 0.0908. The predicted octanol–water partition coefficient (Wildman–Crippen LogP) is 1.93. The van der Waals surface area contributed by atoms with E-state index in [1.807, 2.05) is 34.1 Å². The molecule has 0 atom stereocenters. The normalized spacial score (nSPS) is 19.8. The summed E-state index contributed by atoms with van der Waals surface area (Å²) in [5, 5.41) is 11.7. The number of hydrogen-bond acceptors (Lipinski definition) is 6. The molecule has 0 spiro atoms. The Bertz CT molecular complexity index is 761. The zero-order valence-corrected chi connectivity index (χ0v) is 16.2. The van der Waals surface area contributed by atoms with Gasteiger partial charge in [0, 0.05) is 23.9 Å². The van der Waals surface area contributed by atoms with Crippen molar-refractivity contribution in [3.8, 4) is 5.75 Å². The zero-order valence-electron chi connectivity index (χ0n) is 15.4. The van der Waals surface area contributed by atoms with Gasteiger partial charge < -0.3 is 19.5 Å². The first-order chi connectivity index (χ1) is 11.9. The van der Waals surface area contributed by atoms with Gasteiger partial charge in [-0.2, -0.15) is 0 Å². The molecule has 1 saturated carbocycles. The van der Waals surface area contributed by atoms with Gasteiger partial charge in [0.05, 0.1) is 13.7 Å². The number of aromatic nitrogens is 3. The molecule has 136 valence electrons. The Labute approximate surface area is 152 Å². The molecule has 1 aliphatic rings. The molecule has 3 rings (SSSR count). The molecule has 1 amide bonds. The van der Waals surface area contributed by atoms with Crippen LogP contribution in [0.3, 0.4) is 0 Å². The van der Waals surface area contributed by atoms with E-state index in [0.29, 0.717) is 16.5 Å². The average molecular weight is 363 g/mol. The highest BCUT2D eigenvalue weighted by molar-refractivity contribution is 7.14. The zero-order chi connectivity index (χ0) is 18.1. The van der Waals surface area contributed by atoms with E-state index in [2.05, 4.69) is 25.0 Å². The molecule has 1 fully saturated rings. The van der Waals surface area contributed by atoms with Gasteiger partial charge in [0.25, 0.3) is 5.91 Å². The van der Waals surface area contributed by atoms with Crippen molar-refractivity contribution in [2.45, 2.75) is 38.3 Å². The minimum absolute atomic E-state index is 0.0512. The third-order valence-electron chi connectivity index (χ3n) is 4.54. The van der Waals surface area contributed by atoms with E-state index >= 15 is 0 Å². The Morgan fingerprint density at radius 2 is 2.16 bits per heavy atom. The lowest BCUT2D eigenvalue weighted by Crippen LogP contribution is -2.43. The van der Waals surface area contributed by atoms with Gasteiger partial charge in [-0.3, -0.25) is 4.79 Å². The largest absolute Gasteiger partial charge is 0.495 e. The molecule has 25 heavy (non-hydrogen) atoms. The lowest BCUT2D eigenvalue weighted by atomic mass is 9.79. The highest BCUT2D eigenvalue weighted by Gasteiger charge is 2.35. The van der Waals surface area contributed by atoms with Crippen LogP contribution in [0.2, 0.25) is 0 Å². The summed E-state index contributed by atoms with van der Waals surface area (Å²) >= 11 is 1.46. The molecule has 0 aromatic carbocycles. The Kier molecular flexibility index (Phi) is 5.10. The van der Waals surface area contributed by atoms with E-state index in [-0.39, 0.29) is 11.9 Å². The maximum absolute atomic E-state index is 12.5. The summed E-state index contributed by atoms with van der Waals surface area (Å²) in [6.45, 7) is 2.75. The number of carbonyl (C=O) groups is 1. The summed E-state index contributed by atoms with van der Waals surface area (Å²) in [5.41, 5.74) is 0. The fourth-order valence-corrected chi connectivity index (χ4v) is 4.03. The second kappa shape index (κ2) is 7.13. The number of aryl methyl sites for hydroxylation is 1. The molecule has 0 unspecified atom stereocenters. The van der Waals surface area contributed by atoms with E-state index in [9.17, 15) is 4.79 Å². The van der Waals surface area contributed by atoms with E-state index in [1.165, 1.54) is 11.3 Å². The number of hydrogen-bond donors (Lipinski definition) is 1. The van der Waals surface area contributed by atoms with Crippen LogP contribution in [-0.4, -0.2) is 52.8 Å². The summed E-state index contributed by atoms with van der Waals surface area (Å²) in [7, 11) is 7.64. The molecule has 0 bridgehead atoms. The molecule has 7 nitrogen and oxygen atoms in total. The Balaban J connectivity index is 1.58. The summed E-state index contributed by atoms with van der Waals surface area (Å²) in [6.07, 6.45) is 1.79. The van der Waals surface area contributed by atoms with Crippen molar-refractivity contribution < 1.29 is 9.53 Å². The van der Waals surface area contributed by atoms with E-state index < -0.39 is 0 Å². The molecule has 0 aliphatic heterocycles. The molecule has 1 aliphatic carbocycles. The first-order valence-electron chi connectivity index (χ1n) is 8.37. The van der Waals surface area contributed by atoms with E-state index in [0.717, 1.165) is 35.9 Å². The maximum Gasteiger partial charge on any atom is 0.265 e. The number of thiophene rings is 1. The maximum atomic E-state index is 12.5. The number of nitrogens with one attached hydrogen (secondary N) is 1. The van der Waals surface area contributed by atoms with Crippen molar-refractivity contribution in [1.82, 2.24) is 25.0 Å². The van der Waals surface area contributed by atoms with Gasteiger partial charge in [-0.05, 0) is 39.9 Å². The van der Waals surface area contributed by atoms with Crippen molar-refractivity contribution in [2.24, 2.45) is 7.05 Å². The minimum Gasteiger partial charge on any atom is -0.495 e. The lowest BCUT2D eigenvalue weighted by Gasteiger charge is -2.35. The number of methoxy groups -OCH3 is 1. The van der Waals surface area contributed by atoms with Crippen LogP contribution in [0.15, 0.2) is 6.07 Å². The van der Waals surface area contributed by atoms with Crippen molar-refractivity contribution in [2.75, 3.05) is 21.2 Å². The molecule has 1 N–H and O–H groups in total. The topological polar surface area (TPSA) is 72.3 Å². The van der Waals surface area contributed by atoms with Crippen LogP contribution in [0.5, 0.6) is 5.75 Å². The van der Waals surface area contributed by atoms with Crippen molar-refractivity contribution in [1.29, 1.82) is 0 Å². The number of nitrogens with zero attached hydrogens (tertiary/aromatic N) is 4. The smallest absolute Gasteiger partial charge is 0.265 e. The number of carbonyl (C=O) groups excluding carboxylic acids is 1. The number of amides is 1. The van der Waals surface area contributed by atoms with Crippen LogP contribution in [0.25, 0.3) is 0 Å². The number of ether oxygens (including phenoxy) is 1. The highest BCUT2D eigenvalue weighted by Crippen LogP contribution is 2.37. The Morgan fingerprint density at radius 1 is 1.44 bits per heavy atom. The minimum atomic E-state index is -0.0512. The summed E-state index contributed by atoms with van der Waals surface area (Å²) < 4.78 is 7.36. The Hall–Kier alpha value is -1.93. The van der Waals surface area contributed by atoms with Crippen LogP contribution in [0, 0.1) is 6.92 Å². The monoisotopic (exact) mass is 363 g/mol. The molecule has 2 aromatic heterocycles. The van der Waals surface area contributed by atoms with E-state index in [4.69, 9.17) is 4.74 Å². The van der Waals surface area contributed by atoms with Crippen molar-refractivity contribution in [3.05, 3.63) is 27.5 Å². The summed E-state index contributed by atoms with van der Waals surface area (Å²) in [5.74, 6) is 2.92. The van der Waals surface area contributed by atoms with Crippen LogP contribution in [0.4, 0.5) is 0 Å². The highest BCUT2D eigenvalue weighted by atomic mass is 32.1. The molecule has 8 heteroatoms. The fraction of sp³-hybridized carbons (Fsp3) is 0.588. The molecular formula is C17H25N5O2S. The van der Waals surface area contributed by atoms with Gasteiger partial charge in [-0.25, -0.2) is 0 Å². The Morgan fingerprint density at radius 3 is 2.80 bits per heavy atom. The molecule has 2 aromatic rings. The molecule has 0 saturated heterocycles. The first-order valence-corrected chi connectivity index (χ1v) is 9.18. The second-order valence-corrected chi connectivity index (χ2v) is 8.12. The van der Waals surface area contributed by atoms with Gasteiger partial charge in [0.15, 0.2) is 0 Å². The predicted molar refractivity (Wildman–Crippen MR) is 97.2 cm³/mol. The van der Waals surface area contributed by atoms with Gasteiger partial charge in [-0.15, -0.1) is 21.5 Å². The van der Waals surface area contributed by atoms with Crippen molar-refractivity contribution >= 4 is 17.2 Å². The molecular weight excluding hydrogens is 338 g/mol. The van der Waals surface area contributed by atoms with Gasteiger partial charge in [0.1, 0.15) is 22.3 Å². The quantitative estimate of drug-likeness (QED) is 0.849. The fourth-order valence-electron chi connectivity index (χ4n) is 3.15. The second-order valence-electron chi connectivity index (χ2n) is 6.86. The van der Waals surface area contributed by atoms with Crippen LogP contribution >= 0.6 is 11.3 Å². The van der Waals surface area contributed by atoms with Crippen LogP contribution in [-0.2, 0) is 13.6 Å². The SMILES string of the molecule is COc1cc(C)sc1C(=O)NC1CC(c2nnc(CN(C)C)n2C)C1. The molecule has 2 heterocycles. The van der Waals surface area contributed by atoms with Gasteiger partial charge in [-0.1, -0.05) is 0 Å². The summed E-state index contributed by atoms with van der Waals surface area (Å²) in [4.78, 5) is 16.3. The van der Waals surface area contributed by atoms with Gasteiger partial charge >= 0.3 is 0 Å². The average Bonchev–Trinajstić information content (AvgIpc) is 3.06. The summed E-state index contributed by atoms with van der Waals surface area (Å²) in [6, 6.07) is 2.08. The standard InChI is InChI=1S/C17H25N5O2S/c1-10-6-13(24-5)15(25-10)17(23)18-12-7-11(8-12)16-20-19-14(22(16)4)9-21(2)3/h6,11-12H,7-9H2,1-5H3,(H,18,23). The van der Waals surface area contributed by atoms with E-state index in [1.54, 1.807) is 7.11 Å². The van der Waals surface area contributed by atoms with Gasteiger partial charge in [0.2, 0.25) is 0 Å². The molecule has 0 radical (unpaired) electrons. The van der Waals surface area contributed by atoms with Crippen molar-refractivity contribution in [3.63, 3.8) is 0 Å². The van der Waals surface area contributed by atoms with Crippen LogP contribution < -0.4 is 10.1 Å². The third-order valence-corrected chi connectivity index (χ3v) is 5.57. The third kappa shape index (κ3) is 3.69. The first kappa shape index (κ1) is 17.9. The number of rotatable bonds is 6.